The van der Waals surface area contributed by atoms with Crippen LogP contribution >= 0.6 is 15.9 Å². The number of hydrogen-bond donors (Lipinski definition) is 3. The van der Waals surface area contributed by atoms with Gasteiger partial charge < -0.3 is 0 Å². The van der Waals surface area contributed by atoms with Crippen molar-refractivity contribution in [3.05, 3.63) is 62.0 Å². The summed E-state index contributed by atoms with van der Waals surface area (Å²) in [6.07, 6.45) is 3.32. The number of nitrogens with zero attached hydrogens (tertiary/aromatic N) is 1. The summed E-state index contributed by atoms with van der Waals surface area (Å²) in [6.45, 7) is 1.55. The van der Waals surface area contributed by atoms with Gasteiger partial charge in [-0.15, -0.1) is 0 Å². The lowest BCUT2D eigenvalue weighted by Crippen LogP contribution is -2.19. The lowest BCUT2D eigenvalue weighted by atomic mass is 10.2. The molecule has 0 aliphatic rings. The van der Waals surface area contributed by atoms with E-state index in [-0.39, 0.29) is 11.3 Å². The van der Waals surface area contributed by atoms with E-state index in [1.807, 2.05) is 36.4 Å². The number of aromatic amines is 2. The molecule has 108 valence electrons. The van der Waals surface area contributed by atoms with E-state index in [0.29, 0.717) is 10.0 Å². The Kier molecular flexibility index (Phi) is 4.89. The van der Waals surface area contributed by atoms with Crippen molar-refractivity contribution < 1.29 is 4.79 Å². The van der Waals surface area contributed by atoms with Crippen LogP contribution < -0.4 is 11.0 Å². The third-order valence-electron chi connectivity index (χ3n) is 2.70. The van der Waals surface area contributed by atoms with E-state index in [1.54, 1.807) is 6.92 Å². The second-order valence-electron chi connectivity index (χ2n) is 4.22. The predicted molar refractivity (Wildman–Crippen MR) is 85.5 cm³/mol. The van der Waals surface area contributed by atoms with Crippen molar-refractivity contribution in [3.63, 3.8) is 0 Å². The van der Waals surface area contributed by atoms with Gasteiger partial charge in [-0.05, 0) is 34.5 Å². The van der Waals surface area contributed by atoms with Gasteiger partial charge in [-0.25, -0.2) is 5.43 Å². The number of aromatic nitrogens is 2. The number of carbonyl (C=O) groups is 1. The number of carbonyl (C=O) groups excluding carboxylic acids is 1. The normalized spacial score (nSPS) is 11.8. The van der Waals surface area contributed by atoms with Crippen molar-refractivity contribution in [3.8, 4) is 0 Å². The fraction of sp³-hybridized carbons (Fsp3) is 0.0714. The lowest BCUT2D eigenvalue weighted by Gasteiger charge is -1.97. The highest BCUT2D eigenvalue weighted by molar-refractivity contribution is 9.12. The highest BCUT2D eigenvalue weighted by Gasteiger charge is 2.12. The molecule has 21 heavy (non-hydrogen) atoms. The first-order valence-electron chi connectivity index (χ1n) is 6.11. The summed E-state index contributed by atoms with van der Waals surface area (Å²) in [5, 5.41) is 8.66. The molecule has 0 spiro atoms. The number of H-pyrrole nitrogens is 2. The first kappa shape index (κ1) is 15.0. The second-order valence-corrected chi connectivity index (χ2v) is 5.13. The molecule has 0 saturated carbocycles. The smallest absolute Gasteiger partial charge is 0.289 e. The molecule has 0 atom stereocenters. The summed E-state index contributed by atoms with van der Waals surface area (Å²) in [6, 6.07) is 9.68. The van der Waals surface area contributed by atoms with Gasteiger partial charge in [0.2, 0.25) is 0 Å². The molecule has 0 unspecified atom stereocenters. The van der Waals surface area contributed by atoms with Crippen LogP contribution in [0, 0.1) is 6.92 Å². The Balaban J connectivity index is 1.99. The number of amides is 1. The molecule has 6 nitrogen and oxygen atoms in total. The van der Waals surface area contributed by atoms with E-state index in [2.05, 4.69) is 36.7 Å². The molecular formula is C14H13BrN4O2. The van der Waals surface area contributed by atoms with Gasteiger partial charge in [0.15, 0.2) is 0 Å². The van der Waals surface area contributed by atoms with Gasteiger partial charge in [0.25, 0.3) is 11.5 Å². The summed E-state index contributed by atoms with van der Waals surface area (Å²) >= 11 is 3.34. The molecule has 0 saturated heterocycles. The van der Waals surface area contributed by atoms with Crippen LogP contribution in [0.4, 0.5) is 0 Å². The molecule has 0 bridgehead atoms. The van der Waals surface area contributed by atoms with Crippen molar-refractivity contribution in [1.29, 1.82) is 0 Å². The predicted octanol–water partition coefficient (Wildman–Crippen LogP) is 2.16. The zero-order valence-corrected chi connectivity index (χ0v) is 12.8. The van der Waals surface area contributed by atoms with E-state index in [4.69, 9.17) is 0 Å². The maximum atomic E-state index is 11.8. The Hall–Kier alpha value is -2.41. The standard InChI is InChI=1S/C14H13BrN4O2/c1-9-12(17-19-13(9)20)14(21)18-16-8-11(15)7-10-5-3-2-4-6-10/h2-8H,1H3,(H,18,21)(H2,17,19,20)/b11-7-,16-8+. The molecular weight excluding hydrogens is 336 g/mol. The van der Waals surface area contributed by atoms with Gasteiger partial charge in [0.1, 0.15) is 5.69 Å². The highest BCUT2D eigenvalue weighted by atomic mass is 79.9. The first-order chi connectivity index (χ1) is 10.1. The molecule has 1 aromatic heterocycles. The maximum Gasteiger partial charge on any atom is 0.289 e. The summed E-state index contributed by atoms with van der Waals surface area (Å²) < 4.78 is 0.702. The number of hydrazone groups is 1. The van der Waals surface area contributed by atoms with Crippen LogP contribution in [0.1, 0.15) is 21.6 Å². The quantitative estimate of drug-likeness (QED) is 0.583. The van der Waals surface area contributed by atoms with Crippen LogP contribution in [-0.4, -0.2) is 22.3 Å². The van der Waals surface area contributed by atoms with E-state index < -0.39 is 5.91 Å². The average Bonchev–Trinajstić information content (AvgIpc) is 2.80. The monoisotopic (exact) mass is 348 g/mol. The van der Waals surface area contributed by atoms with Crippen LogP contribution in [0.2, 0.25) is 0 Å². The Morgan fingerprint density at radius 2 is 2.00 bits per heavy atom. The molecule has 0 aliphatic heterocycles. The van der Waals surface area contributed by atoms with Crippen LogP contribution in [0.5, 0.6) is 0 Å². The van der Waals surface area contributed by atoms with E-state index in [1.165, 1.54) is 6.21 Å². The minimum Gasteiger partial charge on any atom is -0.293 e. The summed E-state index contributed by atoms with van der Waals surface area (Å²) in [4.78, 5) is 23.0. The molecule has 1 amide bonds. The highest BCUT2D eigenvalue weighted by Crippen LogP contribution is 2.09. The van der Waals surface area contributed by atoms with Crippen molar-refractivity contribution >= 4 is 34.1 Å². The Labute approximate surface area is 129 Å². The van der Waals surface area contributed by atoms with Crippen LogP contribution in [0.25, 0.3) is 6.08 Å². The Morgan fingerprint density at radius 3 is 2.62 bits per heavy atom. The zero-order chi connectivity index (χ0) is 15.2. The van der Waals surface area contributed by atoms with Crippen LogP contribution in [0.15, 0.2) is 44.7 Å². The molecule has 2 rings (SSSR count). The van der Waals surface area contributed by atoms with Gasteiger partial charge in [-0.3, -0.25) is 19.8 Å². The van der Waals surface area contributed by atoms with Gasteiger partial charge in [-0.2, -0.15) is 5.10 Å². The Bertz CT molecular complexity index is 744. The molecule has 2 aromatic rings. The summed E-state index contributed by atoms with van der Waals surface area (Å²) in [7, 11) is 0. The van der Waals surface area contributed by atoms with Gasteiger partial charge in [-0.1, -0.05) is 30.3 Å². The third-order valence-corrected chi connectivity index (χ3v) is 3.14. The van der Waals surface area contributed by atoms with Crippen molar-refractivity contribution in [2.45, 2.75) is 6.92 Å². The SMILES string of the molecule is Cc1c(C(=O)N/N=C/C(Br)=C/c2ccccc2)[nH][nH]c1=O. The van der Waals surface area contributed by atoms with E-state index in [9.17, 15) is 9.59 Å². The molecule has 0 radical (unpaired) electrons. The number of nitrogens with one attached hydrogen (secondary N) is 3. The minimum atomic E-state index is -0.484. The van der Waals surface area contributed by atoms with E-state index in [0.717, 1.165) is 5.56 Å². The van der Waals surface area contributed by atoms with E-state index >= 15 is 0 Å². The zero-order valence-electron chi connectivity index (χ0n) is 11.2. The number of allylic oxidation sites excluding steroid dienone is 1. The molecule has 0 fully saturated rings. The van der Waals surface area contributed by atoms with Gasteiger partial charge in [0.05, 0.1) is 6.21 Å². The number of hydrogen-bond acceptors (Lipinski definition) is 3. The molecule has 0 aliphatic carbocycles. The molecule has 1 aromatic carbocycles. The summed E-state index contributed by atoms with van der Waals surface area (Å²) in [5.74, 6) is -0.484. The maximum absolute atomic E-state index is 11.8. The van der Waals surface area contributed by atoms with Gasteiger partial charge >= 0.3 is 0 Å². The first-order valence-corrected chi connectivity index (χ1v) is 6.90. The molecule has 1 heterocycles. The van der Waals surface area contributed by atoms with Crippen LogP contribution in [0.3, 0.4) is 0 Å². The molecule has 3 N–H and O–H groups in total. The minimum absolute atomic E-state index is 0.167. The van der Waals surface area contributed by atoms with Crippen molar-refractivity contribution in [1.82, 2.24) is 15.6 Å². The van der Waals surface area contributed by atoms with Crippen molar-refractivity contribution in [2.75, 3.05) is 0 Å². The second kappa shape index (κ2) is 6.85. The molecule has 7 heteroatoms. The number of halogens is 1. The average molecular weight is 349 g/mol. The largest absolute Gasteiger partial charge is 0.293 e. The number of benzene rings is 1. The Morgan fingerprint density at radius 1 is 1.29 bits per heavy atom. The number of rotatable bonds is 4. The third kappa shape index (κ3) is 4.03. The fourth-order valence-electron chi connectivity index (χ4n) is 1.60. The van der Waals surface area contributed by atoms with Crippen molar-refractivity contribution in [2.24, 2.45) is 5.10 Å². The lowest BCUT2D eigenvalue weighted by molar-refractivity contribution is 0.0949. The van der Waals surface area contributed by atoms with Gasteiger partial charge in [0, 0.05) is 10.0 Å². The fourth-order valence-corrected chi connectivity index (χ4v) is 1.97. The van der Waals surface area contributed by atoms with Crippen LogP contribution in [-0.2, 0) is 0 Å². The topological polar surface area (TPSA) is 90.1 Å². The summed E-state index contributed by atoms with van der Waals surface area (Å²) in [5.41, 5.74) is 3.51.